The highest BCUT2D eigenvalue weighted by atomic mass is 19.1. The molecule has 28 heavy (non-hydrogen) atoms. The van der Waals surface area contributed by atoms with Gasteiger partial charge in [-0.3, -0.25) is 9.59 Å². The first-order valence-electron chi connectivity index (χ1n) is 9.44. The lowest BCUT2D eigenvalue weighted by molar-refractivity contribution is -0.162. The second kappa shape index (κ2) is 8.10. The van der Waals surface area contributed by atoms with E-state index in [4.69, 9.17) is 0 Å². The molecule has 1 aliphatic rings. The van der Waals surface area contributed by atoms with E-state index in [2.05, 4.69) is 0 Å². The second-order valence-corrected chi connectivity index (χ2v) is 7.33. The summed E-state index contributed by atoms with van der Waals surface area (Å²) >= 11 is 0. The van der Waals surface area contributed by atoms with E-state index in [1.165, 1.54) is 17.0 Å². The number of hydrogen-bond donors (Lipinski definition) is 2. The Balaban J connectivity index is 1.81. The summed E-state index contributed by atoms with van der Waals surface area (Å²) in [6.07, 6.45) is 0.184. The van der Waals surface area contributed by atoms with Gasteiger partial charge >= 0.3 is 5.97 Å². The van der Waals surface area contributed by atoms with Crippen molar-refractivity contribution in [1.82, 2.24) is 4.90 Å². The van der Waals surface area contributed by atoms with Gasteiger partial charge in [-0.2, -0.15) is 0 Å². The fraction of sp³-hybridized carbons (Fsp3) is 0.364. The molecule has 2 atom stereocenters. The van der Waals surface area contributed by atoms with Gasteiger partial charge in [-0.15, -0.1) is 0 Å². The van der Waals surface area contributed by atoms with Crippen LogP contribution in [0.15, 0.2) is 48.5 Å². The Morgan fingerprint density at radius 1 is 1.18 bits per heavy atom. The first kappa shape index (κ1) is 20.0. The van der Waals surface area contributed by atoms with Crippen molar-refractivity contribution in [2.45, 2.75) is 32.3 Å². The first-order chi connectivity index (χ1) is 13.4. The normalized spacial score (nSPS) is 22.1. The molecule has 1 amide bonds. The number of carboxylic acids is 1. The maximum absolute atomic E-state index is 13.4. The third-order valence-electron chi connectivity index (χ3n) is 5.48. The lowest BCUT2D eigenvalue weighted by atomic mass is 9.74. The van der Waals surface area contributed by atoms with Crippen LogP contribution >= 0.6 is 0 Å². The van der Waals surface area contributed by atoms with Crippen LogP contribution in [0.5, 0.6) is 0 Å². The van der Waals surface area contributed by atoms with Crippen molar-refractivity contribution in [1.29, 1.82) is 0 Å². The van der Waals surface area contributed by atoms with Gasteiger partial charge in [0.25, 0.3) is 5.91 Å². The Morgan fingerprint density at radius 3 is 2.50 bits per heavy atom. The lowest BCUT2D eigenvalue weighted by Crippen LogP contribution is -2.57. The average molecular weight is 385 g/mol. The number of aliphatic hydroxyl groups is 1. The number of aliphatic hydroxyl groups excluding tert-OH is 1. The molecule has 1 heterocycles. The fourth-order valence-electron chi connectivity index (χ4n) is 3.92. The Morgan fingerprint density at radius 2 is 1.89 bits per heavy atom. The molecule has 3 rings (SSSR count). The highest BCUT2D eigenvalue weighted by molar-refractivity contribution is 5.95. The van der Waals surface area contributed by atoms with Gasteiger partial charge in [0.15, 0.2) is 0 Å². The van der Waals surface area contributed by atoms with E-state index in [9.17, 15) is 24.2 Å². The second-order valence-electron chi connectivity index (χ2n) is 7.33. The number of rotatable bonds is 5. The van der Waals surface area contributed by atoms with Gasteiger partial charge in [0.2, 0.25) is 0 Å². The zero-order valence-corrected chi connectivity index (χ0v) is 15.8. The maximum atomic E-state index is 13.4. The Kier molecular flexibility index (Phi) is 5.79. The minimum Gasteiger partial charge on any atom is -0.481 e. The zero-order valence-electron chi connectivity index (χ0n) is 15.8. The minimum atomic E-state index is -1.33. The molecule has 2 N–H and O–H groups in total. The Hall–Kier alpha value is -2.73. The number of aliphatic carboxylic acids is 1. The molecule has 0 aliphatic carbocycles. The van der Waals surface area contributed by atoms with Gasteiger partial charge in [0.05, 0.1) is 6.10 Å². The van der Waals surface area contributed by atoms with E-state index in [0.29, 0.717) is 30.5 Å². The molecule has 1 saturated heterocycles. The van der Waals surface area contributed by atoms with Crippen molar-refractivity contribution in [3.05, 3.63) is 59.9 Å². The monoisotopic (exact) mass is 385 g/mol. The van der Waals surface area contributed by atoms with Crippen LogP contribution in [-0.2, 0) is 4.79 Å². The summed E-state index contributed by atoms with van der Waals surface area (Å²) in [5, 5.41) is 20.0. The summed E-state index contributed by atoms with van der Waals surface area (Å²) in [5.41, 5.74) is 0.612. The number of likely N-dealkylation sites (tertiary alicyclic amines) is 1. The van der Waals surface area contributed by atoms with E-state index in [1.807, 2.05) is 6.92 Å². The quantitative estimate of drug-likeness (QED) is 0.825. The van der Waals surface area contributed by atoms with Crippen molar-refractivity contribution in [3.63, 3.8) is 0 Å². The van der Waals surface area contributed by atoms with Crippen molar-refractivity contribution in [2.24, 2.45) is 5.41 Å². The largest absolute Gasteiger partial charge is 0.481 e. The molecule has 1 fully saturated rings. The number of carbonyl (C=O) groups excluding carboxylic acids is 1. The van der Waals surface area contributed by atoms with Crippen LogP contribution in [0.1, 0.15) is 36.5 Å². The van der Waals surface area contributed by atoms with Crippen LogP contribution in [0, 0.1) is 11.2 Å². The van der Waals surface area contributed by atoms with Crippen LogP contribution < -0.4 is 0 Å². The third kappa shape index (κ3) is 3.78. The number of hydrogen-bond acceptors (Lipinski definition) is 3. The number of amides is 1. The smallest absolute Gasteiger partial charge is 0.314 e. The van der Waals surface area contributed by atoms with E-state index in [-0.39, 0.29) is 24.7 Å². The molecule has 5 nitrogen and oxygen atoms in total. The molecule has 6 heteroatoms. The molecular formula is C22H24FNO4. The van der Waals surface area contributed by atoms with Crippen molar-refractivity contribution in [2.75, 3.05) is 13.1 Å². The number of halogens is 1. The number of benzene rings is 2. The van der Waals surface area contributed by atoms with Crippen LogP contribution in [0.25, 0.3) is 11.1 Å². The molecule has 0 radical (unpaired) electrons. The predicted molar refractivity (Wildman–Crippen MR) is 103 cm³/mol. The van der Waals surface area contributed by atoms with E-state index < -0.39 is 17.5 Å². The first-order valence-corrected chi connectivity index (χ1v) is 9.44. The Labute approximate surface area is 163 Å². The average Bonchev–Trinajstić information content (AvgIpc) is 2.69. The van der Waals surface area contributed by atoms with Gasteiger partial charge in [-0.1, -0.05) is 37.6 Å². The van der Waals surface area contributed by atoms with Crippen molar-refractivity contribution >= 4 is 11.9 Å². The third-order valence-corrected chi connectivity index (χ3v) is 5.48. The zero-order chi connectivity index (χ0) is 20.3. The topological polar surface area (TPSA) is 77.8 Å². The molecular weight excluding hydrogens is 361 g/mol. The van der Waals surface area contributed by atoms with E-state index >= 15 is 0 Å². The van der Waals surface area contributed by atoms with Crippen LogP contribution in [0.2, 0.25) is 0 Å². The molecule has 0 aromatic heterocycles. The summed E-state index contributed by atoms with van der Waals surface area (Å²) in [6.45, 7) is 2.16. The van der Waals surface area contributed by atoms with Gasteiger partial charge in [-0.25, -0.2) is 4.39 Å². The molecule has 2 aromatic rings. The summed E-state index contributed by atoms with van der Waals surface area (Å²) < 4.78 is 13.4. The number of carboxylic acid groups (broad SMARTS) is 1. The number of nitrogens with zero attached hydrogens (tertiary/aromatic N) is 1. The molecule has 0 unspecified atom stereocenters. The molecule has 1 aliphatic heterocycles. The lowest BCUT2D eigenvalue weighted by Gasteiger charge is -2.43. The van der Waals surface area contributed by atoms with Crippen molar-refractivity contribution in [3.8, 4) is 11.1 Å². The van der Waals surface area contributed by atoms with Crippen LogP contribution in [0.4, 0.5) is 4.39 Å². The molecule has 2 aromatic carbocycles. The molecule has 0 spiro atoms. The molecule has 0 saturated carbocycles. The van der Waals surface area contributed by atoms with Crippen LogP contribution in [0.3, 0.4) is 0 Å². The molecule has 148 valence electrons. The van der Waals surface area contributed by atoms with E-state index in [0.717, 1.165) is 5.56 Å². The summed E-state index contributed by atoms with van der Waals surface area (Å²) in [7, 11) is 0. The minimum absolute atomic E-state index is 0.0121. The Bertz CT molecular complexity index is 867. The highest BCUT2D eigenvalue weighted by Crippen LogP contribution is 2.36. The van der Waals surface area contributed by atoms with Gasteiger partial charge in [0.1, 0.15) is 11.2 Å². The summed E-state index contributed by atoms with van der Waals surface area (Å²) in [6, 6.07) is 13.0. The maximum Gasteiger partial charge on any atom is 0.314 e. The molecule has 0 bridgehead atoms. The van der Waals surface area contributed by atoms with E-state index in [1.54, 1.807) is 36.4 Å². The van der Waals surface area contributed by atoms with Gasteiger partial charge in [-0.05, 0) is 48.2 Å². The van der Waals surface area contributed by atoms with Gasteiger partial charge < -0.3 is 15.1 Å². The fourth-order valence-corrected chi connectivity index (χ4v) is 3.92. The number of carbonyl (C=O) groups is 2. The van der Waals surface area contributed by atoms with Gasteiger partial charge in [0, 0.05) is 18.7 Å². The SMILES string of the molecule is CCC[C@@]1(C(=O)O)CN(C(=O)c2ccc(-c3cccc(F)c3)cc2)CC[C@H]1O. The predicted octanol–water partition coefficient (Wildman–Crippen LogP) is 3.57. The summed E-state index contributed by atoms with van der Waals surface area (Å²) in [5.74, 6) is -1.66. The summed E-state index contributed by atoms with van der Waals surface area (Å²) in [4.78, 5) is 26.3. The standard InChI is InChI=1S/C22H24FNO4/c1-2-11-22(21(27)28)14-24(12-10-19(22)25)20(26)16-8-6-15(7-9-16)17-4-3-5-18(23)13-17/h3-9,13,19,25H,2,10-12,14H2,1H3,(H,27,28)/t19-,22-/m1/s1. The highest BCUT2D eigenvalue weighted by Gasteiger charge is 2.49. The van der Waals surface area contributed by atoms with Crippen LogP contribution in [-0.4, -0.2) is 46.2 Å². The number of piperidine rings is 1. The van der Waals surface area contributed by atoms with Crippen molar-refractivity contribution < 1.29 is 24.2 Å².